The van der Waals surface area contributed by atoms with Crippen molar-refractivity contribution in [2.75, 3.05) is 6.79 Å². The second-order valence-electron chi connectivity index (χ2n) is 4.28. The summed E-state index contributed by atoms with van der Waals surface area (Å²) in [6.45, 7) is 3.72. The molecule has 0 saturated heterocycles. The SMILES string of the molecule is CC(C)=CC(=O)OC(C#N)c1ccc2c(c1)OCO2. The van der Waals surface area contributed by atoms with Crippen LogP contribution in [0.5, 0.6) is 11.5 Å². The van der Waals surface area contributed by atoms with Gasteiger partial charge in [0.15, 0.2) is 11.5 Å². The normalized spacial score (nSPS) is 13.3. The van der Waals surface area contributed by atoms with Crippen molar-refractivity contribution >= 4 is 5.97 Å². The monoisotopic (exact) mass is 259 g/mol. The third kappa shape index (κ3) is 3.05. The number of carbonyl (C=O) groups is 1. The van der Waals surface area contributed by atoms with Crippen LogP contribution in [-0.4, -0.2) is 12.8 Å². The number of nitriles is 1. The quantitative estimate of drug-likeness (QED) is 0.616. The number of rotatable bonds is 3. The number of allylic oxidation sites excluding steroid dienone is 1. The Bertz CT molecular complexity index is 567. The summed E-state index contributed by atoms with van der Waals surface area (Å²) in [5.41, 5.74) is 1.37. The Kier molecular flexibility index (Phi) is 3.71. The molecule has 0 radical (unpaired) electrons. The third-order valence-electron chi connectivity index (χ3n) is 2.46. The van der Waals surface area contributed by atoms with Crippen molar-refractivity contribution in [2.45, 2.75) is 20.0 Å². The summed E-state index contributed by atoms with van der Waals surface area (Å²) in [6.07, 6.45) is 0.384. The highest BCUT2D eigenvalue weighted by Gasteiger charge is 2.20. The van der Waals surface area contributed by atoms with Crippen molar-refractivity contribution in [1.29, 1.82) is 5.26 Å². The van der Waals surface area contributed by atoms with Gasteiger partial charge in [-0.25, -0.2) is 4.79 Å². The summed E-state index contributed by atoms with van der Waals surface area (Å²) in [7, 11) is 0. The van der Waals surface area contributed by atoms with Gasteiger partial charge in [-0.1, -0.05) is 11.6 Å². The van der Waals surface area contributed by atoms with E-state index in [1.165, 1.54) is 6.08 Å². The summed E-state index contributed by atoms with van der Waals surface area (Å²) < 4.78 is 15.5. The molecule has 0 amide bonds. The number of hydrogen-bond donors (Lipinski definition) is 0. The number of carbonyl (C=O) groups excluding carboxylic acids is 1. The zero-order chi connectivity index (χ0) is 13.8. The van der Waals surface area contributed by atoms with E-state index in [4.69, 9.17) is 19.5 Å². The van der Waals surface area contributed by atoms with E-state index < -0.39 is 12.1 Å². The first-order chi connectivity index (χ1) is 9.10. The smallest absolute Gasteiger partial charge is 0.332 e. The Balaban J connectivity index is 2.17. The van der Waals surface area contributed by atoms with Crippen LogP contribution < -0.4 is 9.47 Å². The summed E-state index contributed by atoms with van der Waals surface area (Å²) in [4.78, 5) is 11.5. The fourth-order valence-corrected chi connectivity index (χ4v) is 1.63. The average Bonchev–Trinajstić information content (AvgIpc) is 2.82. The van der Waals surface area contributed by atoms with Crippen LogP contribution in [0.3, 0.4) is 0 Å². The molecular formula is C14H13NO4. The first kappa shape index (κ1) is 13.0. The molecule has 1 aliphatic heterocycles. The van der Waals surface area contributed by atoms with E-state index in [-0.39, 0.29) is 6.79 Å². The van der Waals surface area contributed by atoms with Crippen molar-refractivity contribution in [3.05, 3.63) is 35.4 Å². The Morgan fingerprint density at radius 3 is 2.84 bits per heavy atom. The molecule has 1 heterocycles. The lowest BCUT2D eigenvalue weighted by Crippen LogP contribution is -2.08. The molecule has 0 N–H and O–H groups in total. The maximum Gasteiger partial charge on any atom is 0.332 e. The predicted octanol–water partition coefficient (Wildman–Crippen LogP) is 2.49. The molecule has 1 aromatic rings. The minimum atomic E-state index is -0.961. The molecule has 2 rings (SSSR count). The van der Waals surface area contributed by atoms with Crippen LogP contribution in [0.1, 0.15) is 25.5 Å². The van der Waals surface area contributed by atoms with Gasteiger partial charge in [-0.3, -0.25) is 0 Å². The van der Waals surface area contributed by atoms with Crippen LogP contribution in [0.2, 0.25) is 0 Å². The molecular weight excluding hydrogens is 246 g/mol. The molecule has 5 nitrogen and oxygen atoms in total. The Morgan fingerprint density at radius 1 is 1.42 bits per heavy atom. The number of hydrogen-bond acceptors (Lipinski definition) is 5. The minimum Gasteiger partial charge on any atom is -0.454 e. The van der Waals surface area contributed by atoms with E-state index in [0.29, 0.717) is 17.1 Å². The molecule has 0 bridgehead atoms. The van der Waals surface area contributed by atoms with Crippen LogP contribution >= 0.6 is 0 Å². The first-order valence-corrected chi connectivity index (χ1v) is 5.75. The lowest BCUT2D eigenvalue weighted by Gasteiger charge is -2.10. The molecule has 0 spiro atoms. The summed E-state index contributed by atoms with van der Waals surface area (Å²) in [5.74, 6) is 0.635. The summed E-state index contributed by atoms with van der Waals surface area (Å²) in [5, 5.41) is 9.09. The lowest BCUT2D eigenvalue weighted by atomic mass is 10.1. The Hall–Kier alpha value is -2.48. The van der Waals surface area contributed by atoms with Gasteiger partial charge in [-0.15, -0.1) is 0 Å². The second kappa shape index (κ2) is 5.44. The first-order valence-electron chi connectivity index (χ1n) is 5.75. The highest BCUT2D eigenvalue weighted by atomic mass is 16.7. The van der Waals surface area contributed by atoms with E-state index in [1.54, 1.807) is 32.0 Å². The number of fused-ring (bicyclic) bond motifs is 1. The van der Waals surface area contributed by atoms with E-state index in [2.05, 4.69) is 0 Å². The van der Waals surface area contributed by atoms with Gasteiger partial charge in [0.1, 0.15) is 6.07 Å². The molecule has 0 aromatic heterocycles. The molecule has 0 fully saturated rings. The molecule has 1 atom stereocenters. The van der Waals surface area contributed by atoms with Gasteiger partial charge in [-0.2, -0.15) is 5.26 Å². The highest BCUT2D eigenvalue weighted by Crippen LogP contribution is 2.34. The lowest BCUT2D eigenvalue weighted by molar-refractivity contribution is -0.140. The summed E-state index contributed by atoms with van der Waals surface area (Å²) >= 11 is 0. The van der Waals surface area contributed by atoms with E-state index in [9.17, 15) is 4.79 Å². The van der Waals surface area contributed by atoms with Crippen molar-refractivity contribution in [2.24, 2.45) is 0 Å². The van der Waals surface area contributed by atoms with Gasteiger partial charge in [0.25, 0.3) is 0 Å². The van der Waals surface area contributed by atoms with Gasteiger partial charge >= 0.3 is 5.97 Å². The maximum absolute atomic E-state index is 11.5. The van der Waals surface area contributed by atoms with Crippen molar-refractivity contribution in [3.63, 3.8) is 0 Å². The second-order valence-corrected chi connectivity index (χ2v) is 4.28. The zero-order valence-corrected chi connectivity index (χ0v) is 10.7. The topological polar surface area (TPSA) is 68.6 Å². The molecule has 1 aromatic carbocycles. The summed E-state index contributed by atoms with van der Waals surface area (Å²) in [6, 6.07) is 6.96. The fraction of sp³-hybridized carbons (Fsp3) is 0.286. The van der Waals surface area contributed by atoms with Gasteiger partial charge < -0.3 is 14.2 Å². The van der Waals surface area contributed by atoms with Gasteiger partial charge in [-0.05, 0) is 26.0 Å². The van der Waals surface area contributed by atoms with Crippen LogP contribution in [0.25, 0.3) is 0 Å². The number of benzene rings is 1. The molecule has 0 aliphatic carbocycles. The standard InChI is InChI=1S/C14H13NO4/c1-9(2)5-14(16)19-13(7-15)10-3-4-11-12(6-10)18-8-17-11/h3-6,13H,8H2,1-2H3. The molecule has 0 saturated carbocycles. The van der Waals surface area contributed by atoms with E-state index >= 15 is 0 Å². The highest BCUT2D eigenvalue weighted by molar-refractivity contribution is 5.83. The van der Waals surface area contributed by atoms with Crippen LogP contribution in [-0.2, 0) is 9.53 Å². The van der Waals surface area contributed by atoms with Crippen molar-refractivity contribution < 1.29 is 19.0 Å². The third-order valence-corrected chi connectivity index (χ3v) is 2.46. The zero-order valence-electron chi connectivity index (χ0n) is 10.7. The molecule has 98 valence electrons. The Morgan fingerprint density at radius 2 is 2.16 bits per heavy atom. The predicted molar refractivity (Wildman–Crippen MR) is 66.4 cm³/mol. The van der Waals surface area contributed by atoms with Gasteiger partial charge in [0, 0.05) is 11.6 Å². The fourth-order valence-electron chi connectivity index (χ4n) is 1.63. The van der Waals surface area contributed by atoms with Crippen LogP contribution in [0, 0.1) is 11.3 Å². The number of nitrogens with zero attached hydrogens (tertiary/aromatic N) is 1. The maximum atomic E-state index is 11.5. The van der Waals surface area contributed by atoms with Gasteiger partial charge in [0.2, 0.25) is 12.9 Å². The number of ether oxygens (including phenoxy) is 3. The molecule has 19 heavy (non-hydrogen) atoms. The molecule has 5 heteroatoms. The molecule has 1 unspecified atom stereocenters. The Labute approximate surface area is 111 Å². The molecule has 1 aliphatic rings. The van der Waals surface area contributed by atoms with E-state index in [1.807, 2.05) is 6.07 Å². The van der Waals surface area contributed by atoms with Crippen LogP contribution in [0.4, 0.5) is 0 Å². The average molecular weight is 259 g/mol. The van der Waals surface area contributed by atoms with Crippen molar-refractivity contribution in [3.8, 4) is 17.6 Å². The van der Waals surface area contributed by atoms with Crippen molar-refractivity contribution in [1.82, 2.24) is 0 Å². The largest absolute Gasteiger partial charge is 0.454 e. The minimum absolute atomic E-state index is 0.160. The van der Waals surface area contributed by atoms with Crippen LogP contribution in [0.15, 0.2) is 29.8 Å². The number of esters is 1. The van der Waals surface area contributed by atoms with Gasteiger partial charge in [0.05, 0.1) is 0 Å². The van der Waals surface area contributed by atoms with E-state index in [0.717, 1.165) is 5.57 Å².